The fourth-order valence-electron chi connectivity index (χ4n) is 5.18. The number of ketones is 1. The molecule has 0 atom stereocenters. The second-order valence-electron chi connectivity index (χ2n) is 9.47. The van der Waals surface area contributed by atoms with Gasteiger partial charge in [-0.1, -0.05) is 37.3 Å². The molecule has 0 spiro atoms. The van der Waals surface area contributed by atoms with Crippen LogP contribution in [0.25, 0.3) is 10.9 Å². The van der Waals surface area contributed by atoms with Crippen LogP contribution in [0.2, 0.25) is 0 Å². The molecule has 1 aromatic heterocycles. The minimum atomic E-state index is 0.157. The monoisotopic (exact) mass is 443 g/mol. The molecule has 4 nitrogen and oxygen atoms in total. The molecule has 174 valence electrons. The zero-order valence-electron chi connectivity index (χ0n) is 20.6. The highest BCUT2D eigenvalue weighted by Gasteiger charge is 2.21. The number of carbonyl (C=O) groups excluding carboxylic acids is 1. The number of aryl methyl sites for hydroxylation is 3. The Morgan fingerprint density at radius 3 is 2.48 bits per heavy atom. The van der Waals surface area contributed by atoms with E-state index in [1.54, 1.807) is 6.92 Å². The fourth-order valence-corrected chi connectivity index (χ4v) is 5.18. The van der Waals surface area contributed by atoms with E-state index in [4.69, 9.17) is 4.99 Å². The molecule has 0 N–H and O–H groups in total. The van der Waals surface area contributed by atoms with Crippen molar-refractivity contribution in [3.63, 3.8) is 0 Å². The lowest BCUT2D eigenvalue weighted by molar-refractivity contribution is 0.101. The van der Waals surface area contributed by atoms with Gasteiger partial charge in [-0.2, -0.15) is 0 Å². The zero-order chi connectivity index (χ0) is 23.4. The van der Waals surface area contributed by atoms with Crippen LogP contribution >= 0.6 is 0 Å². The number of aliphatic imine (C=N–C) groups is 1. The molecule has 1 aliphatic rings. The van der Waals surface area contributed by atoms with Crippen molar-refractivity contribution in [3.8, 4) is 0 Å². The largest absolute Gasteiger partial charge is 0.347 e. The van der Waals surface area contributed by atoms with Gasteiger partial charge in [0.05, 0.1) is 5.69 Å². The standard InChI is InChI=1S/C29H37N3O/c1-5-24-11-8-13-28-29(24)26(23(4)33)20-32(28)17-9-16-31-18-14-25(15-19-31)22(3)30-27-12-7-6-10-21(27)2/h6-8,10-13,20,25H,5,9,14-19H2,1-4H3/b30-22+. The molecular weight excluding hydrogens is 406 g/mol. The van der Waals surface area contributed by atoms with Gasteiger partial charge < -0.3 is 9.47 Å². The molecule has 1 aliphatic heterocycles. The summed E-state index contributed by atoms with van der Waals surface area (Å²) in [7, 11) is 0. The Labute approximate surface area is 198 Å². The molecule has 1 fully saturated rings. The van der Waals surface area contributed by atoms with Gasteiger partial charge >= 0.3 is 0 Å². The number of fused-ring (bicyclic) bond motifs is 1. The summed E-state index contributed by atoms with van der Waals surface area (Å²) in [5.41, 5.74) is 6.94. The van der Waals surface area contributed by atoms with Crippen molar-refractivity contribution in [3.05, 3.63) is 65.4 Å². The Bertz CT molecular complexity index is 1150. The average molecular weight is 444 g/mol. The van der Waals surface area contributed by atoms with Gasteiger partial charge in [0.15, 0.2) is 5.78 Å². The molecule has 33 heavy (non-hydrogen) atoms. The summed E-state index contributed by atoms with van der Waals surface area (Å²) >= 11 is 0. The molecule has 4 rings (SSSR count). The van der Waals surface area contributed by atoms with E-state index >= 15 is 0 Å². The van der Waals surface area contributed by atoms with Crippen molar-refractivity contribution in [2.45, 2.75) is 59.9 Å². The van der Waals surface area contributed by atoms with E-state index in [0.29, 0.717) is 5.92 Å². The van der Waals surface area contributed by atoms with Crippen LogP contribution in [0.1, 0.15) is 61.5 Å². The number of likely N-dealkylation sites (tertiary alicyclic amines) is 1. The van der Waals surface area contributed by atoms with Gasteiger partial charge in [0.25, 0.3) is 0 Å². The van der Waals surface area contributed by atoms with E-state index in [9.17, 15) is 4.79 Å². The molecule has 0 bridgehead atoms. The Morgan fingerprint density at radius 1 is 1.03 bits per heavy atom. The summed E-state index contributed by atoms with van der Waals surface area (Å²) in [6, 6.07) is 14.8. The number of Topliss-reactive ketones (excluding diaryl/α,β-unsaturated/α-hetero) is 1. The van der Waals surface area contributed by atoms with Crippen molar-refractivity contribution >= 4 is 28.1 Å². The number of nitrogens with zero attached hydrogens (tertiary/aromatic N) is 3. The normalized spacial score (nSPS) is 15.9. The minimum absolute atomic E-state index is 0.157. The summed E-state index contributed by atoms with van der Waals surface area (Å²) in [5, 5.41) is 1.15. The Kier molecular flexibility index (Phi) is 7.44. The Morgan fingerprint density at radius 2 is 1.79 bits per heavy atom. The molecule has 2 aromatic carbocycles. The van der Waals surface area contributed by atoms with Gasteiger partial charge in [-0.05, 0) is 95.3 Å². The first kappa shape index (κ1) is 23.4. The molecule has 0 saturated carbocycles. The van der Waals surface area contributed by atoms with Gasteiger partial charge in [0, 0.05) is 34.9 Å². The topological polar surface area (TPSA) is 37.6 Å². The number of hydrogen-bond acceptors (Lipinski definition) is 3. The summed E-state index contributed by atoms with van der Waals surface area (Å²) in [4.78, 5) is 19.8. The highest BCUT2D eigenvalue weighted by Crippen LogP contribution is 2.27. The molecule has 2 heterocycles. The maximum absolute atomic E-state index is 12.3. The highest BCUT2D eigenvalue weighted by molar-refractivity contribution is 6.08. The van der Waals surface area contributed by atoms with E-state index in [1.165, 1.54) is 35.2 Å². The van der Waals surface area contributed by atoms with Crippen LogP contribution in [-0.4, -0.2) is 40.6 Å². The van der Waals surface area contributed by atoms with Crippen LogP contribution in [0, 0.1) is 12.8 Å². The number of benzene rings is 2. The van der Waals surface area contributed by atoms with E-state index in [-0.39, 0.29) is 5.78 Å². The number of hydrogen-bond donors (Lipinski definition) is 0. The highest BCUT2D eigenvalue weighted by atomic mass is 16.1. The van der Waals surface area contributed by atoms with Crippen LogP contribution in [0.15, 0.2) is 53.7 Å². The Balaban J connectivity index is 1.33. The van der Waals surface area contributed by atoms with Crippen molar-refractivity contribution in [1.82, 2.24) is 9.47 Å². The molecule has 1 saturated heterocycles. The maximum atomic E-state index is 12.3. The van der Waals surface area contributed by atoms with Crippen LogP contribution in [-0.2, 0) is 13.0 Å². The first-order valence-electron chi connectivity index (χ1n) is 12.4. The number of para-hydroxylation sites is 1. The number of aromatic nitrogens is 1. The summed E-state index contributed by atoms with van der Waals surface area (Å²) in [5.74, 6) is 0.740. The summed E-state index contributed by atoms with van der Waals surface area (Å²) < 4.78 is 2.29. The predicted molar refractivity (Wildman–Crippen MR) is 139 cm³/mol. The van der Waals surface area contributed by atoms with Crippen LogP contribution in [0.5, 0.6) is 0 Å². The van der Waals surface area contributed by atoms with Crippen molar-refractivity contribution in [1.29, 1.82) is 0 Å². The third kappa shape index (κ3) is 5.27. The first-order chi connectivity index (χ1) is 16.0. The van der Waals surface area contributed by atoms with Gasteiger partial charge in [-0.3, -0.25) is 9.79 Å². The first-order valence-corrected chi connectivity index (χ1v) is 12.4. The van der Waals surface area contributed by atoms with Crippen molar-refractivity contribution < 1.29 is 4.79 Å². The number of piperidine rings is 1. The lowest BCUT2D eigenvalue weighted by atomic mass is 9.92. The second-order valence-corrected chi connectivity index (χ2v) is 9.47. The average Bonchev–Trinajstić information content (AvgIpc) is 3.20. The van der Waals surface area contributed by atoms with Crippen molar-refractivity contribution in [2.24, 2.45) is 10.9 Å². The van der Waals surface area contributed by atoms with Gasteiger partial charge in [-0.25, -0.2) is 0 Å². The van der Waals surface area contributed by atoms with E-state index in [2.05, 4.69) is 78.9 Å². The minimum Gasteiger partial charge on any atom is -0.347 e. The lowest BCUT2D eigenvalue weighted by Gasteiger charge is -2.32. The zero-order valence-corrected chi connectivity index (χ0v) is 20.6. The molecule has 4 heteroatoms. The third-order valence-corrected chi connectivity index (χ3v) is 7.22. The molecule has 0 unspecified atom stereocenters. The van der Waals surface area contributed by atoms with Crippen LogP contribution < -0.4 is 0 Å². The van der Waals surface area contributed by atoms with E-state index in [1.807, 2.05) is 0 Å². The number of carbonyl (C=O) groups is 1. The van der Waals surface area contributed by atoms with Crippen molar-refractivity contribution in [2.75, 3.05) is 19.6 Å². The summed E-state index contributed by atoms with van der Waals surface area (Å²) in [6.07, 6.45) is 6.48. The third-order valence-electron chi connectivity index (χ3n) is 7.22. The SMILES string of the molecule is CCc1cccc2c1c(C(C)=O)cn2CCCN1CCC(/C(C)=N/c2ccccc2C)CC1. The van der Waals surface area contributed by atoms with E-state index in [0.717, 1.165) is 55.7 Å². The van der Waals surface area contributed by atoms with Crippen LogP contribution in [0.4, 0.5) is 5.69 Å². The molecule has 0 radical (unpaired) electrons. The second kappa shape index (κ2) is 10.5. The molecule has 0 aliphatic carbocycles. The fraction of sp³-hybridized carbons (Fsp3) is 0.448. The quantitative estimate of drug-likeness (QED) is 0.290. The molecular formula is C29H37N3O. The van der Waals surface area contributed by atoms with Gasteiger partial charge in [0.1, 0.15) is 0 Å². The molecule has 0 amide bonds. The van der Waals surface area contributed by atoms with Gasteiger partial charge in [-0.15, -0.1) is 0 Å². The van der Waals surface area contributed by atoms with E-state index < -0.39 is 0 Å². The smallest absolute Gasteiger partial charge is 0.161 e. The predicted octanol–water partition coefficient (Wildman–Crippen LogP) is 6.61. The van der Waals surface area contributed by atoms with Crippen LogP contribution in [0.3, 0.4) is 0 Å². The maximum Gasteiger partial charge on any atom is 0.161 e. The van der Waals surface area contributed by atoms with Gasteiger partial charge in [0.2, 0.25) is 0 Å². The Hall–Kier alpha value is -2.72. The molecule has 3 aromatic rings. The number of rotatable bonds is 8. The lowest BCUT2D eigenvalue weighted by Crippen LogP contribution is -2.36. The summed E-state index contributed by atoms with van der Waals surface area (Å²) in [6.45, 7) is 12.5.